The third kappa shape index (κ3) is 6.49. The maximum atomic E-state index is 2.70. The molecule has 3 aliphatic carbocycles. The van der Waals surface area contributed by atoms with Crippen molar-refractivity contribution in [1.29, 1.82) is 0 Å². The molecule has 0 saturated heterocycles. The summed E-state index contributed by atoms with van der Waals surface area (Å²) in [6.07, 6.45) is 8.37. The van der Waals surface area contributed by atoms with Crippen molar-refractivity contribution in [3.8, 4) is 33.4 Å². The predicted molar refractivity (Wildman–Crippen MR) is 294 cm³/mol. The van der Waals surface area contributed by atoms with Crippen LogP contribution in [0.1, 0.15) is 128 Å². The average Bonchev–Trinajstić information content (AvgIpc) is 3.95. The van der Waals surface area contributed by atoms with Gasteiger partial charge < -0.3 is 9.80 Å². The molecule has 0 radical (unpaired) electrons. The van der Waals surface area contributed by atoms with Crippen LogP contribution in [0, 0.1) is 22.7 Å². The van der Waals surface area contributed by atoms with E-state index in [1.807, 2.05) is 0 Å². The average molecular weight is 901 g/mol. The van der Waals surface area contributed by atoms with E-state index in [4.69, 9.17) is 0 Å². The summed E-state index contributed by atoms with van der Waals surface area (Å²) < 4.78 is 0. The van der Waals surface area contributed by atoms with Crippen LogP contribution >= 0.6 is 0 Å². The summed E-state index contributed by atoms with van der Waals surface area (Å²) in [4.78, 5) is 5.41. The molecular formula is C67H68N2. The minimum Gasteiger partial charge on any atom is -0.335 e. The molecule has 2 heterocycles. The Hall–Kier alpha value is -6.12. The molecule has 2 saturated carbocycles. The van der Waals surface area contributed by atoms with Crippen molar-refractivity contribution in [2.24, 2.45) is 22.7 Å². The predicted octanol–water partition coefficient (Wildman–Crippen LogP) is 18.6. The van der Waals surface area contributed by atoms with E-state index < -0.39 is 0 Å². The standard InChI is InChI=1S/C67H68N2/c1-64(2,3)47-31-33-66(7)59(40-47)57-37-44(25-29-61(57)68(66)49-17-11-9-12-18-49)42-23-27-51-46(35-42)39-56-53-28-24-43(36-55(53)52-21-15-16-22-54(52)63(51)56)45-26-30-62-58(38-45)60-41-48(65(4,5)6)32-34-67(60,8)69(62)50-19-13-10-14-20-50/h9-30,35-38,47-48,59-60H,31-34,39-41H2,1-8H3. The van der Waals surface area contributed by atoms with Gasteiger partial charge in [0.1, 0.15) is 0 Å². The fourth-order valence-electron chi connectivity index (χ4n) is 14.9. The molecule has 2 nitrogen and oxygen atoms in total. The third-order valence-corrected chi connectivity index (χ3v) is 18.9. The zero-order chi connectivity index (χ0) is 47.2. The highest BCUT2D eigenvalue weighted by Crippen LogP contribution is 2.62. The van der Waals surface area contributed by atoms with Crippen molar-refractivity contribution < 1.29 is 0 Å². The number of rotatable bonds is 4. The first kappa shape index (κ1) is 42.9. The zero-order valence-electron chi connectivity index (χ0n) is 42.2. The molecule has 13 rings (SSSR count). The molecule has 0 spiro atoms. The maximum absolute atomic E-state index is 2.70. The van der Waals surface area contributed by atoms with Gasteiger partial charge in [-0.05, 0) is 213 Å². The second-order valence-electron chi connectivity index (χ2n) is 24.6. The van der Waals surface area contributed by atoms with Gasteiger partial charge in [0.25, 0.3) is 0 Å². The van der Waals surface area contributed by atoms with Gasteiger partial charge in [-0.25, -0.2) is 0 Å². The Morgan fingerprint density at radius 3 is 1.45 bits per heavy atom. The van der Waals surface area contributed by atoms with Crippen LogP contribution in [-0.4, -0.2) is 11.1 Å². The Labute approximate surface area is 411 Å². The monoisotopic (exact) mass is 901 g/mol. The Morgan fingerprint density at radius 2 is 0.913 bits per heavy atom. The van der Waals surface area contributed by atoms with Gasteiger partial charge in [0.05, 0.1) is 0 Å². The number of anilines is 4. The lowest BCUT2D eigenvalue weighted by molar-refractivity contribution is 0.127. The second-order valence-corrected chi connectivity index (χ2v) is 24.6. The normalized spacial score (nSPS) is 24.8. The summed E-state index contributed by atoms with van der Waals surface area (Å²) in [6.45, 7) is 19.8. The number of hydrogen-bond acceptors (Lipinski definition) is 2. The smallest absolute Gasteiger partial charge is 0.0492 e. The van der Waals surface area contributed by atoms with Crippen LogP contribution < -0.4 is 9.80 Å². The number of hydrogen-bond donors (Lipinski definition) is 0. The van der Waals surface area contributed by atoms with E-state index >= 15 is 0 Å². The van der Waals surface area contributed by atoms with Crippen LogP contribution in [0.5, 0.6) is 0 Å². The fourth-order valence-corrected chi connectivity index (χ4v) is 14.9. The van der Waals surface area contributed by atoms with Crippen LogP contribution in [0.4, 0.5) is 22.7 Å². The SMILES string of the molecule is CC(C)(C)C1CCC2(C)C(C1)c1cc(-c3ccc4c(c3)Cc3c-4c4ccccc4c4cc(-c5ccc6c(c5)C5CC(C(C)(C)C)CCC5(C)N6c5ccccc5)ccc34)ccc1N2c1ccccc1. The number of nitrogens with zero attached hydrogens (tertiary/aromatic N) is 2. The molecule has 0 amide bonds. The minimum atomic E-state index is 0.0513. The topological polar surface area (TPSA) is 6.48 Å². The van der Waals surface area contributed by atoms with Gasteiger partial charge in [-0.2, -0.15) is 0 Å². The van der Waals surface area contributed by atoms with Crippen LogP contribution in [0.25, 0.3) is 54.9 Å². The number of benzene rings is 8. The first-order valence-corrected chi connectivity index (χ1v) is 26.3. The molecule has 2 aliphatic heterocycles. The highest BCUT2D eigenvalue weighted by Gasteiger charge is 2.54. The van der Waals surface area contributed by atoms with Crippen molar-refractivity contribution in [3.63, 3.8) is 0 Å². The van der Waals surface area contributed by atoms with Crippen LogP contribution in [-0.2, 0) is 6.42 Å². The number of para-hydroxylation sites is 2. The fraction of sp³-hybridized carbons (Fsp3) is 0.343. The van der Waals surface area contributed by atoms with Gasteiger partial charge in [-0.3, -0.25) is 0 Å². The molecular weight excluding hydrogens is 833 g/mol. The van der Waals surface area contributed by atoms with Gasteiger partial charge in [0.15, 0.2) is 0 Å². The van der Waals surface area contributed by atoms with E-state index in [1.165, 1.54) is 138 Å². The summed E-state index contributed by atoms with van der Waals surface area (Å²) in [7, 11) is 0. The van der Waals surface area contributed by atoms with E-state index in [1.54, 1.807) is 0 Å². The lowest BCUT2D eigenvalue weighted by Gasteiger charge is -2.49. The summed E-state index contributed by atoms with van der Waals surface area (Å²) >= 11 is 0. The van der Waals surface area contributed by atoms with Gasteiger partial charge in [-0.1, -0.05) is 145 Å². The van der Waals surface area contributed by atoms with Crippen molar-refractivity contribution in [2.75, 3.05) is 9.80 Å². The summed E-state index contributed by atoms with van der Waals surface area (Å²) in [5.41, 5.74) is 20.2. The molecule has 8 aromatic carbocycles. The van der Waals surface area contributed by atoms with Crippen LogP contribution in [0.15, 0.2) is 158 Å². The van der Waals surface area contributed by atoms with Gasteiger partial charge in [0, 0.05) is 45.7 Å². The van der Waals surface area contributed by atoms with E-state index in [2.05, 4.69) is 223 Å². The lowest BCUT2D eigenvalue weighted by atomic mass is 9.62. The molecule has 2 fully saturated rings. The molecule has 6 atom stereocenters. The van der Waals surface area contributed by atoms with Crippen LogP contribution in [0.2, 0.25) is 0 Å². The Morgan fingerprint density at radius 1 is 0.449 bits per heavy atom. The van der Waals surface area contributed by atoms with E-state index in [-0.39, 0.29) is 11.1 Å². The van der Waals surface area contributed by atoms with Crippen molar-refractivity contribution in [2.45, 2.75) is 123 Å². The molecule has 2 heteroatoms. The molecule has 0 N–H and O–H groups in total. The molecule has 0 aromatic heterocycles. The van der Waals surface area contributed by atoms with E-state index in [0.717, 1.165) is 6.42 Å². The van der Waals surface area contributed by atoms with E-state index in [0.29, 0.717) is 34.5 Å². The largest absolute Gasteiger partial charge is 0.335 e. The van der Waals surface area contributed by atoms with Crippen LogP contribution in [0.3, 0.4) is 0 Å². The highest BCUT2D eigenvalue weighted by molar-refractivity contribution is 6.18. The van der Waals surface area contributed by atoms with Crippen molar-refractivity contribution >= 4 is 44.3 Å². The van der Waals surface area contributed by atoms with E-state index in [9.17, 15) is 0 Å². The zero-order valence-corrected chi connectivity index (χ0v) is 42.2. The molecule has 8 aromatic rings. The molecule has 5 aliphatic rings. The number of fused-ring (bicyclic) bond motifs is 14. The third-order valence-electron chi connectivity index (χ3n) is 18.9. The summed E-state index contributed by atoms with van der Waals surface area (Å²) in [5, 5.41) is 5.46. The molecule has 0 bridgehead atoms. The molecule has 6 unspecified atom stereocenters. The van der Waals surface area contributed by atoms with Gasteiger partial charge in [0.2, 0.25) is 0 Å². The first-order valence-electron chi connectivity index (χ1n) is 26.3. The minimum absolute atomic E-state index is 0.0513. The van der Waals surface area contributed by atoms with Gasteiger partial charge >= 0.3 is 0 Å². The molecule has 69 heavy (non-hydrogen) atoms. The summed E-state index contributed by atoms with van der Waals surface area (Å²) in [6, 6.07) is 61.2. The highest BCUT2D eigenvalue weighted by atomic mass is 15.2. The first-order chi connectivity index (χ1) is 33.2. The summed E-state index contributed by atoms with van der Waals surface area (Å²) in [5.74, 6) is 2.37. The Kier molecular flexibility index (Phi) is 9.45. The second kappa shape index (κ2) is 15.2. The lowest BCUT2D eigenvalue weighted by Crippen LogP contribution is -2.48. The quantitative estimate of drug-likeness (QED) is 0.162. The maximum Gasteiger partial charge on any atom is 0.0492 e. The Balaban J connectivity index is 0.877. The van der Waals surface area contributed by atoms with Crippen molar-refractivity contribution in [1.82, 2.24) is 0 Å². The molecule has 346 valence electrons. The van der Waals surface area contributed by atoms with Crippen molar-refractivity contribution in [3.05, 3.63) is 180 Å². The Bertz CT molecular complexity index is 3350. The van der Waals surface area contributed by atoms with Gasteiger partial charge in [-0.15, -0.1) is 0 Å².